The average Bonchev–Trinajstić information content (AvgIpc) is 2.53. The maximum atomic E-state index is 13.5. The van der Waals surface area contributed by atoms with Gasteiger partial charge >= 0.3 is 0 Å². The van der Waals surface area contributed by atoms with E-state index in [2.05, 4.69) is 16.2 Å². The zero-order valence-electron chi connectivity index (χ0n) is 11.6. The first-order chi connectivity index (χ1) is 11.0. The van der Waals surface area contributed by atoms with Crippen LogP contribution in [0.5, 0.6) is 0 Å². The van der Waals surface area contributed by atoms with Gasteiger partial charge in [0, 0.05) is 3.57 Å². The van der Waals surface area contributed by atoms with Gasteiger partial charge in [0.05, 0.1) is 11.1 Å². The van der Waals surface area contributed by atoms with Gasteiger partial charge in [-0.2, -0.15) is 0 Å². The number of carbonyl (C=O) groups excluding carboxylic acids is 2. The average molecular weight is 443 g/mol. The Balaban J connectivity index is 1.91. The number of hydrazine groups is 1. The number of nitrogens with one attached hydrogen (secondary N) is 3. The monoisotopic (exact) mass is 443 g/mol. The summed E-state index contributed by atoms with van der Waals surface area (Å²) in [6, 6.07) is 12.5. The van der Waals surface area contributed by atoms with Gasteiger partial charge in [-0.3, -0.25) is 25.8 Å². The van der Waals surface area contributed by atoms with Gasteiger partial charge in [0.25, 0.3) is 11.8 Å². The van der Waals surface area contributed by atoms with Gasteiger partial charge in [-0.25, -0.2) is 4.39 Å². The fourth-order valence-corrected chi connectivity index (χ4v) is 2.45. The normalized spacial score (nSPS) is 9.83. The lowest BCUT2D eigenvalue weighted by Gasteiger charge is -2.11. The van der Waals surface area contributed by atoms with Crippen molar-refractivity contribution in [2.24, 2.45) is 0 Å². The minimum absolute atomic E-state index is 0.138. The summed E-state index contributed by atoms with van der Waals surface area (Å²) in [4.78, 5) is 23.8. The first-order valence-electron chi connectivity index (χ1n) is 6.40. The summed E-state index contributed by atoms with van der Waals surface area (Å²) >= 11 is 6.92. The third kappa shape index (κ3) is 4.70. The van der Waals surface area contributed by atoms with Crippen LogP contribution in [0.4, 0.5) is 4.39 Å². The molecular formula is C15H11FIN3O2S. The van der Waals surface area contributed by atoms with Crippen molar-refractivity contribution in [2.45, 2.75) is 0 Å². The van der Waals surface area contributed by atoms with Crippen LogP contribution in [0.15, 0.2) is 48.5 Å². The Hall–Kier alpha value is -2.07. The summed E-state index contributed by atoms with van der Waals surface area (Å²) in [6.45, 7) is 0. The van der Waals surface area contributed by atoms with Crippen molar-refractivity contribution >= 4 is 51.7 Å². The van der Waals surface area contributed by atoms with E-state index in [9.17, 15) is 14.0 Å². The largest absolute Gasteiger partial charge is 0.298 e. The smallest absolute Gasteiger partial charge is 0.270 e. The lowest BCUT2D eigenvalue weighted by atomic mass is 10.2. The third-order valence-electron chi connectivity index (χ3n) is 2.75. The van der Waals surface area contributed by atoms with Gasteiger partial charge in [-0.1, -0.05) is 24.3 Å². The Labute approximate surface area is 150 Å². The SMILES string of the molecule is O=C(NC(=S)NNC(=O)c1ccccc1I)c1ccccc1F. The maximum absolute atomic E-state index is 13.5. The number of rotatable bonds is 2. The van der Waals surface area contributed by atoms with Gasteiger partial charge < -0.3 is 0 Å². The summed E-state index contributed by atoms with van der Waals surface area (Å²) in [6.07, 6.45) is 0. The van der Waals surface area contributed by atoms with E-state index < -0.39 is 17.6 Å². The number of halogens is 2. The number of thiocarbonyl (C=S) groups is 1. The molecule has 0 atom stereocenters. The Morgan fingerprint density at radius 2 is 1.52 bits per heavy atom. The molecule has 0 bridgehead atoms. The molecule has 0 aromatic heterocycles. The lowest BCUT2D eigenvalue weighted by Crippen LogP contribution is -2.48. The van der Waals surface area contributed by atoms with E-state index in [1.807, 2.05) is 28.7 Å². The highest BCUT2D eigenvalue weighted by Gasteiger charge is 2.13. The highest BCUT2D eigenvalue weighted by Crippen LogP contribution is 2.10. The van der Waals surface area contributed by atoms with Crippen LogP contribution >= 0.6 is 34.8 Å². The molecule has 8 heteroatoms. The van der Waals surface area contributed by atoms with Crippen molar-refractivity contribution in [1.29, 1.82) is 0 Å². The first-order valence-corrected chi connectivity index (χ1v) is 7.88. The van der Waals surface area contributed by atoms with Crippen molar-refractivity contribution < 1.29 is 14.0 Å². The Morgan fingerprint density at radius 1 is 0.913 bits per heavy atom. The van der Waals surface area contributed by atoms with E-state index in [1.54, 1.807) is 18.2 Å². The van der Waals surface area contributed by atoms with Crippen molar-refractivity contribution in [3.8, 4) is 0 Å². The van der Waals surface area contributed by atoms with Crippen molar-refractivity contribution in [3.05, 3.63) is 69.0 Å². The van der Waals surface area contributed by atoms with Gasteiger partial charge in [0.15, 0.2) is 5.11 Å². The molecule has 0 aliphatic rings. The van der Waals surface area contributed by atoms with E-state index in [0.29, 0.717) is 5.56 Å². The van der Waals surface area contributed by atoms with Crippen LogP contribution in [0.1, 0.15) is 20.7 Å². The van der Waals surface area contributed by atoms with Gasteiger partial charge in [0.2, 0.25) is 0 Å². The van der Waals surface area contributed by atoms with Gasteiger partial charge in [-0.05, 0) is 59.1 Å². The second-order valence-electron chi connectivity index (χ2n) is 4.32. The molecule has 2 amide bonds. The highest BCUT2D eigenvalue weighted by atomic mass is 127. The molecule has 0 fully saturated rings. The molecule has 0 radical (unpaired) electrons. The van der Waals surface area contributed by atoms with Crippen LogP contribution in [-0.2, 0) is 0 Å². The van der Waals surface area contributed by atoms with Crippen LogP contribution in [0, 0.1) is 9.39 Å². The standard InChI is InChI=1S/C15H11FIN3O2S/c16-11-7-3-1-5-9(11)13(21)18-15(23)20-19-14(22)10-6-2-4-8-12(10)17/h1-8H,(H,19,22)(H2,18,20,21,23). The fraction of sp³-hybridized carbons (Fsp3) is 0. The van der Waals surface area contributed by atoms with Crippen molar-refractivity contribution in [2.75, 3.05) is 0 Å². The highest BCUT2D eigenvalue weighted by molar-refractivity contribution is 14.1. The number of carbonyl (C=O) groups is 2. The van der Waals surface area contributed by atoms with E-state index >= 15 is 0 Å². The molecule has 0 aliphatic carbocycles. The van der Waals surface area contributed by atoms with E-state index in [4.69, 9.17) is 12.2 Å². The van der Waals surface area contributed by atoms with E-state index in [1.165, 1.54) is 24.3 Å². The van der Waals surface area contributed by atoms with Gasteiger partial charge in [-0.15, -0.1) is 0 Å². The molecule has 2 aromatic carbocycles. The van der Waals surface area contributed by atoms with Crippen LogP contribution in [0.25, 0.3) is 0 Å². The van der Waals surface area contributed by atoms with Gasteiger partial charge in [0.1, 0.15) is 5.82 Å². The molecule has 0 unspecified atom stereocenters. The third-order valence-corrected chi connectivity index (χ3v) is 3.90. The second-order valence-corrected chi connectivity index (χ2v) is 5.89. The predicted molar refractivity (Wildman–Crippen MR) is 96.2 cm³/mol. The van der Waals surface area contributed by atoms with Crippen LogP contribution in [0.2, 0.25) is 0 Å². The predicted octanol–water partition coefficient (Wildman–Crippen LogP) is 2.38. The molecule has 3 N–H and O–H groups in total. The molecule has 0 saturated heterocycles. The summed E-state index contributed by atoms with van der Waals surface area (Å²) in [7, 11) is 0. The minimum Gasteiger partial charge on any atom is -0.298 e. The molecule has 23 heavy (non-hydrogen) atoms. The van der Waals surface area contributed by atoms with Crippen LogP contribution < -0.4 is 16.2 Å². The Kier molecular flexibility index (Phi) is 5.99. The number of benzene rings is 2. The molecular weight excluding hydrogens is 432 g/mol. The molecule has 5 nitrogen and oxygen atoms in total. The maximum Gasteiger partial charge on any atom is 0.270 e. The molecule has 0 spiro atoms. The Bertz CT molecular complexity index is 770. The molecule has 2 rings (SSSR count). The molecule has 0 heterocycles. The fourth-order valence-electron chi connectivity index (χ4n) is 1.67. The number of amides is 2. The van der Waals surface area contributed by atoms with Crippen molar-refractivity contribution in [1.82, 2.24) is 16.2 Å². The zero-order chi connectivity index (χ0) is 16.8. The van der Waals surface area contributed by atoms with E-state index in [-0.39, 0.29) is 10.7 Å². The van der Waals surface area contributed by atoms with E-state index in [0.717, 1.165) is 3.57 Å². The lowest BCUT2D eigenvalue weighted by molar-refractivity contribution is 0.0933. The quantitative estimate of drug-likeness (QED) is 0.379. The van der Waals surface area contributed by atoms with Crippen molar-refractivity contribution in [3.63, 3.8) is 0 Å². The second kappa shape index (κ2) is 7.97. The van der Waals surface area contributed by atoms with Crippen LogP contribution in [-0.4, -0.2) is 16.9 Å². The topological polar surface area (TPSA) is 70.2 Å². The summed E-state index contributed by atoms with van der Waals surface area (Å²) in [5.41, 5.74) is 5.09. The summed E-state index contributed by atoms with van der Waals surface area (Å²) in [5, 5.41) is 2.14. The summed E-state index contributed by atoms with van der Waals surface area (Å²) in [5.74, 6) is -1.77. The molecule has 0 aliphatic heterocycles. The molecule has 118 valence electrons. The number of hydrogen-bond donors (Lipinski definition) is 3. The zero-order valence-corrected chi connectivity index (χ0v) is 14.6. The first kappa shape index (κ1) is 17.3. The minimum atomic E-state index is -0.704. The number of hydrogen-bond acceptors (Lipinski definition) is 3. The molecule has 0 saturated carbocycles. The molecule has 2 aromatic rings. The summed E-state index contributed by atoms with van der Waals surface area (Å²) < 4.78 is 14.2. The van der Waals surface area contributed by atoms with Crippen LogP contribution in [0.3, 0.4) is 0 Å². The Morgan fingerprint density at radius 3 is 2.17 bits per heavy atom.